The summed E-state index contributed by atoms with van der Waals surface area (Å²) in [4.78, 5) is 21.3. The van der Waals surface area contributed by atoms with Crippen LogP contribution in [0.1, 0.15) is 13.3 Å². The summed E-state index contributed by atoms with van der Waals surface area (Å²) < 4.78 is 39.2. The highest BCUT2D eigenvalue weighted by Gasteiger charge is 2.32. The van der Waals surface area contributed by atoms with Crippen LogP contribution in [-0.2, 0) is 14.3 Å². The third kappa shape index (κ3) is 5.39. The molecule has 0 aliphatic rings. The lowest BCUT2D eigenvalue weighted by molar-refractivity contribution is -0.157. The second kappa shape index (κ2) is 4.83. The summed E-state index contributed by atoms with van der Waals surface area (Å²) in [6.45, 7) is 1.24. The molecule has 0 aliphatic heterocycles. The predicted octanol–water partition coefficient (Wildman–Crippen LogP) is 0.616. The zero-order chi connectivity index (χ0) is 11.4. The van der Waals surface area contributed by atoms with Crippen molar-refractivity contribution in [2.75, 3.05) is 7.11 Å². The van der Waals surface area contributed by atoms with Crippen molar-refractivity contribution in [2.45, 2.75) is 25.6 Å². The molecule has 0 fully saturated rings. The summed E-state index contributed by atoms with van der Waals surface area (Å²) >= 11 is 0. The fraction of sp³-hybridized carbons (Fsp3) is 0.714. The van der Waals surface area contributed by atoms with Crippen LogP contribution in [0.25, 0.3) is 0 Å². The smallest absolute Gasteiger partial charge is 0.397 e. The summed E-state index contributed by atoms with van der Waals surface area (Å²) in [6.07, 6.45) is -6.17. The Morgan fingerprint density at radius 2 is 1.93 bits per heavy atom. The minimum atomic E-state index is -4.57. The first-order chi connectivity index (χ1) is 6.26. The van der Waals surface area contributed by atoms with Gasteiger partial charge in [0.2, 0.25) is 5.91 Å². The Labute approximate surface area is 78.4 Å². The van der Waals surface area contributed by atoms with Crippen molar-refractivity contribution in [3.05, 3.63) is 0 Å². The summed E-state index contributed by atoms with van der Waals surface area (Å²) in [5.41, 5.74) is 0. The van der Waals surface area contributed by atoms with E-state index in [1.54, 1.807) is 0 Å². The quantitative estimate of drug-likeness (QED) is 0.699. The zero-order valence-electron chi connectivity index (χ0n) is 7.64. The number of nitrogens with one attached hydrogen (secondary N) is 1. The maximum absolute atomic E-state index is 11.7. The number of hydrogen-bond donors (Lipinski definition) is 1. The first kappa shape index (κ1) is 12.7. The van der Waals surface area contributed by atoms with Crippen LogP contribution in [0.15, 0.2) is 0 Å². The molecule has 0 bridgehead atoms. The van der Waals surface area contributed by atoms with Crippen molar-refractivity contribution in [2.24, 2.45) is 0 Å². The number of methoxy groups -OCH3 is 1. The molecule has 0 saturated carbocycles. The fourth-order valence-electron chi connectivity index (χ4n) is 0.710. The van der Waals surface area contributed by atoms with Crippen LogP contribution in [0.4, 0.5) is 13.2 Å². The molecule has 0 aromatic rings. The highest BCUT2D eigenvalue weighted by Crippen LogP contribution is 2.18. The van der Waals surface area contributed by atoms with Gasteiger partial charge in [0, 0.05) is 0 Å². The molecule has 4 nitrogen and oxygen atoms in total. The average molecular weight is 213 g/mol. The summed E-state index contributed by atoms with van der Waals surface area (Å²) in [5, 5.41) is 1.85. The number of carbonyl (C=O) groups is 2. The average Bonchev–Trinajstić information content (AvgIpc) is 1.99. The SMILES string of the molecule is COC(=O)[C@H](C)NC(=O)CC(F)(F)F. The molecule has 0 aromatic heterocycles. The Morgan fingerprint density at radius 1 is 1.43 bits per heavy atom. The number of amides is 1. The van der Waals surface area contributed by atoms with Gasteiger partial charge in [-0.25, -0.2) is 4.79 Å². The number of hydrogen-bond acceptors (Lipinski definition) is 3. The van der Waals surface area contributed by atoms with Crippen LogP contribution >= 0.6 is 0 Å². The van der Waals surface area contributed by atoms with Gasteiger partial charge in [0.15, 0.2) is 0 Å². The van der Waals surface area contributed by atoms with Crippen LogP contribution < -0.4 is 5.32 Å². The molecule has 0 rings (SSSR count). The normalized spacial score (nSPS) is 13.2. The van der Waals surface area contributed by atoms with Gasteiger partial charge in [-0.1, -0.05) is 0 Å². The number of rotatable bonds is 3. The second-order valence-corrected chi connectivity index (χ2v) is 2.60. The Hall–Kier alpha value is -1.27. The first-order valence-corrected chi connectivity index (χ1v) is 3.70. The molecule has 7 heteroatoms. The van der Waals surface area contributed by atoms with Gasteiger partial charge < -0.3 is 10.1 Å². The van der Waals surface area contributed by atoms with Crippen LogP contribution in [0.2, 0.25) is 0 Å². The van der Waals surface area contributed by atoms with Gasteiger partial charge >= 0.3 is 12.1 Å². The van der Waals surface area contributed by atoms with Crippen LogP contribution in [-0.4, -0.2) is 31.2 Å². The monoisotopic (exact) mass is 213 g/mol. The lowest BCUT2D eigenvalue weighted by atomic mass is 10.3. The fourth-order valence-corrected chi connectivity index (χ4v) is 0.710. The minimum Gasteiger partial charge on any atom is -0.467 e. The third-order valence-corrected chi connectivity index (χ3v) is 1.29. The summed E-state index contributed by atoms with van der Waals surface area (Å²) in [7, 11) is 1.08. The van der Waals surface area contributed by atoms with Crippen molar-refractivity contribution in [1.82, 2.24) is 5.32 Å². The molecule has 0 heterocycles. The van der Waals surface area contributed by atoms with Crippen LogP contribution in [0.5, 0.6) is 0 Å². The second-order valence-electron chi connectivity index (χ2n) is 2.60. The van der Waals surface area contributed by atoms with E-state index in [1.807, 2.05) is 5.32 Å². The van der Waals surface area contributed by atoms with Crippen molar-refractivity contribution in [3.8, 4) is 0 Å². The molecule has 82 valence electrons. The van der Waals surface area contributed by atoms with E-state index in [2.05, 4.69) is 4.74 Å². The summed E-state index contributed by atoms with van der Waals surface area (Å²) in [5.74, 6) is -2.05. The van der Waals surface area contributed by atoms with E-state index in [1.165, 1.54) is 6.92 Å². The Bertz CT molecular complexity index is 227. The molecule has 14 heavy (non-hydrogen) atoms. The highest BCUT2D eigenvalue weighted by atomic mass is 19.4. The standard InChI is InChI=1S/C7H10F3NO3/c1-4(6(13)14-2)11-5(12)3-7(8,9)10/h4H,3H2,1-2H3,(H,11,12)/t4-/m0/s1. The summed E-state index contributed by atoms with van der Waals surface area (Å²) in [6, 6.07) is -1.07. The molecule has 0 unspecified atom stereocenters. The van der Waals surface area contributed by atoms with E-state index in [9.17, 15) is 22.8 Å². The Morgan fingerprint density at radius 3 is 2.29 bits per heavy atom. The predicted molar refractivity (Wildman–Crippen MR) is 40.3 cm³/mol. The van der Waals surface area contributed by atoms with Crippen molar-refractivity contribution in [1.29, 1.82) is 0 Å². The molecule has 0 spiro atoms. The topological polar surface area (TPSA) is 55.4 Å². The zero-order valence-corrected chi connectivity index (χ0v) is 7.64. The highest BCUT2D eigenvalue weighted by molar-refractivity contribution is 5.84. The maximum atomic E-state index is 11.7. The van der Waals surface area contributed by atoms with Crippen molar-refractivity contribution < 1.29 is 27.5 Å². The van der Waals surface area contributed by atoms with E-state index < -0.39 is 30.5 Å². The molecule has 0 aromatic carbocycles. The van der Waals surface area contributed by atoms with Gasteiger partial charge in [0.25, 0.3) is 0 Å². The van der Waals surface area contributed by atoms with E-state index >= 15 is 0 Å². The van der Waals surface area contributed by atoms with Crippen LogP contribution in [0, 0.1) is 0 Å². The lowest BCUT2D eigenvalue weighted by Gasteiger charge is -2.12. The van der Waals surface area contributed by atoms with Gasteiger partial charge in [0.1, 0.15) is 12.5 Å². The van der Waals surface area contributed by atoms with Gasteiger partial charge in [-0.2, -0.15) is 13.2 Å². The van der Waals surface area contributed by atoms with Gasteiger partial charge in [-0.05, 0) is 6.92 Å². The molecular formula is C7H10F3NO3. The maximum Gasteiger partial charge on any atom is 0.397 e. The number of ether oxygens (including phenoxy) is 1. The van der Waals surface area contributed by atoms with Crippen molar-refractivity contribution in [3.63, 3.8) is 0 Å². The van der Waals surface area contributed by atoms with Crippen LogP contribution in [0.3, 0.4) is 0 Å². The molecule has 0 aliphatic carbocycles. The number of alkyl halides is 3. The van der Waals surface area contributed by atoms with Crippen molar-refractivity contribution >= 4 is 11.9 Å². The third-order valence-electron chi connectivity index (χ3n) is 1.29. The van der Waals surface area contributed by atoms with E-state index in [-0.39, 0.29) is 0 Å². The van der Waals surface area contributed by atoms with E-state index in [4.69, 9.17) is 0 Å². The molecule has 0 radical (unpaired) electrons. The largest absolute Gasteiger partial charge is 0.467 e. The van der Waals surface area contributed by atoms with Gasteiger partial charge in [-0.15, -0.1) is 0 Å². The molecule has 1 atom stereocenters. The lowest BCUT2D eigenvalue weighted by Crippen LogP contribution is -2.40. The molecule has 1 amide bonds. The minimum absolute atomic E-state index is 0.791. The molecular weight excluding hydrogens is 203 g/mol. The number of carbonyl (C=O) groups excluding carboxylic acids is 2. The molecule has 0 saturated heterocycles. The van der Waals surface area contributed by atoms with E-state index in [0.717, 1.165) is 7.11 Å². The van der Waals surface area contributed by atoms with E-state index in [0.29, 0.717) is 0 Å². The van der Waals surface area contributed by atoms with Gasteiger partial charge in [0.05, 0.1) is 7.11 Å². The number of halogens is 3. The molecule has 1 N–H and O–H groups in total. The Kier molecular flexibility index (Phi) is 4.39. The first-order valence-electron chi connectivity index (χ1n) is 3.70. The number of esters is 1. The van der Waals surface area contributed by atoms with Gasteiger partial charge in [-0.3, -0.25) is 4.79 Å². The Balaban J connectivity index is 4.01.